The van der Waals surface area contributed by atoms with Gasteiger partial charge in [-0.25, -0.2) is 20.3 Å². The molecule has 0 radical (unpaired) electrons. The van der Waals surface area contributed by atoms with Crippen molar-refractivity contribution in [1.82, 2.24) is 20.3 Å². The van der Waals surface area contributed by atoms with Gasteiger partial charge < -0.3 is 0 Å². The molecular weight excluding hydrogens is 1290 g/mol. The summed E-state index contributed by atoms with van der Waals surface area (Å²) >= 11 is 0. The zero-order chi connectivity index (χ0) is 71.7. The van der Waals surface area contributed by atoms with E-state index in [1.807, 2.05) is 340 Å². The Morgan fingerprint density at radius 2 is 0.337 bits per heavy atom. The van der Waals surface area contributed by atoms with Crippen LogP contribution >= 0.6 is 0 Å². The second-order valence-corrected chi connectivity index (χ2v) is 26.9. The molecule has 12 heteroatoms. The Morgan fingerprint density at radius 3 is 0.500 bits per heavy atom. The summed E-state index contributed by atoms with van der Waals surface area (Å²) in [6.45, 7) is 0. The lowest BCUT2D eigenvalue weighted by Crippen LogP contribution is -2.56. The van der Waals surface area contributed by atoms with Crippen LogP contribution < -0.4 is 0 Å². The maximum absolute atomic E-state index is 15.0. The summed E-state index contributed by atoms with van der Waals surface area (Å²) in [7, 11) is 0. The van der Waals surface area contributed by atoms with E-state index in [0.29, 0.717) is 25.7 Å². The molecule has 2 unspecified atom stereocenters. The predicted molar refractivity (Wildman–Crippen MR) is 407 cm³/mol. The molecule has 4 amide bonds. The molecule has 104 heavy (non-hydrogen) atoms. The van der Waals surface area contributed by atoms with E-state index in [-0.39, 0.29) is 0 Å². The minimum Gasteiger partial charge on any atom is -0.286 e. The average molecular weight is 1370 g/mol. The quantitative estimate of drug-likeness (QED) is 0.0433. The summed E-state index contributed by atoms with van der Waals surface area (Å²) in [5.41, 5.74) is 14.2. The standard InChI is InChI=1S/C58H50N2O4.C34H34N2O4/c61-57(55(49-33-25-45(26-34-49)41-15-5-1-6-16-41)50-35-27-46(28-36-50)42-17-7-2-8-18-42)59(63)53-23-13-14-24-54(53)60(64)58(62)56(51-37-29-47(30-38-51)43-19-9-3-10-20-43)52-39-31-48(32-40-52)44-21-11-4-12-22-44;37-33(31(25-15-5-1-6-16-25)26-17-7-2-8-18-26)35(39)29-23-13-14-24-30(29)36(40)34(38)32(27-19-9-3-10-20-27)28-21-11-4-12-22-28/h1-12,15-22,25-40,53-56,63-64H,13-14,23-24H2;1-12,15-22,29-32,39-40H,13-14,23-24H2/t53-,54?;29-,30?/m11/s1. The van der Waals surface area contributed by atoms with E-state index in [1.54, 1.807) is 0 Å². The number of amides is 4. The fraction of sp³-hybridized carbons (Fsp3) is 0.174. The molecule has 0 spiro atoms. The number of hydrogen-bond acceptors (Lipinski definition) is 8. The lowest BCUT2D eigenvalue weighted by Gasteiger charge is -2.41. The molecule has 520 valence electrons. The molecule has 2 aliphatic rings. The van der Waals surface area contributed by atoms with Crippen LogP contribution in [0.1, 0.15) is 120 Å². The maximum Gasteiger partial charge on any atom is 0.258 e. The van der Waals surface area contributed by atoms with E-state index < -0.39 is 71.5 Å². The van der Waals surface area contributed by atoms with Crippen LogP contribution in [0.25, 0.3) is 44.5 Å². The van der Waals surface area contributed by atoms with Gasteiger partial charge in [0.1, 0.15) is 0 Å². The first kappa shape index (κ1) is 70.8. The largest absolute Gasteiger partial charge is 0.286 e. The molecule has 0 heterocycles. The van der Waals surface area contributed by atoms with Crippen LogP contribution in [-0.2, 0) is 19.2 Å². The summed E-state index contributed by atoms with van der Waals surface area (Å²) in [6.07, 6.45) is 4.75. The van der Waals surface area contributed by atoms with Crippen molar-refractivity contribution in [1.29, 1.82) is 0 Å². The van der Waals surface area contributed by atoms with Crippen molar-refractivity contribution >= 4 is 23.6 Å². The summed E-state index contributed by atoms with van der Waals surface area (Å²) in [5, 5.41) is 50.4. The fourth-order valence-corrected chi connectivity index (χ4v) is 15.0. The molecule has 0 aromatic heterocycles. The second kappa shape index (κ2) is 33.9. The highest BCUT2D eigenvalue weighted by atomic mass is 16.5. The zero-order valence-corrected chi connectivity index (χ0v) is 57.8. The van der Waals surface area contributed by atoms with Crippen LogP contribution in [-0.4, -0.2) is 88.9 Å². The number of hydrogen-bond donors (Lipinski definition) is 4. The lowest BCUT2D eigenvalue weighted by molar-refractivity contribution is -0.213. The van der Waals surface area contributed by atoms with E-state index in [0.717, 1.165) is 135 Å². The highest BCUT2D eigenvalue weighted by Crippen LogP contribution is 2.39. The van der Waals surface area contributed by atoms with Gasteiger partial charge in [-0.3, -0.25) is 40.0 Å². The molecule has 4 atom stereocenters. The van der Waals surface area contributed by atoms with Crippen molar-refractivity contribution in [2.75, 3.05) is 0 Å². The molecule has 2 saturated carbocycles. The normalized spacial score (nSPS) is 15.7. The first-order valence-electron chi connectivity index (χ1n) is 35.9. The molecule has 14 rings (SSSR count). The summed E-state index contributed by atoms with van der Waals surface area (Å²) in [5.74, 6) is -5.19. The number of carbonyl (C=O) groups excluding carboxylic acids is 4. The number of rotatable bonds is 20. The van der Waals surface area contributed by atoms with E-state index in [9.17, 15) is 40.0 Å². The number of carbonyl (C=O) groups is 4. The van der Waals surface area contributed by atoms with Crippen molar-refractivity contribution in [2.24, 2.45) is 0 Å². The molecule has 4 N–H and O–H groups in total. The Bertz CT molecular complexity index is 4170. The van der Waals surface area contributed by atoms with Crippen molar-refractivity contribution in [3.05, 3.63) is 384 Å². The monoisotopic (exact) mass is 1370 g/mol. The number of hydroxylamine groups is 8. The predicted octanol–water partition coefficient (Wildman–Crippen LogP) is 19.5. The number of nitrogens with zero attached hydrogens (tertiary/aromatic N) is 4. The first-order valence-corrected chi connectivity index (χ1v) is 35.9. The van der Waals surface area contributed by atoms with Gasteiger partial charge >= 0.3 is 0 Å². The van der Waals surface area contributed by atoms with Gasteiger partial charge in [0.05, 0.1) is 47.8 Å². The average Bonchev–Trinajstić information content (AvgIpc) is 0.790. The second-order valence-electron chi connectivity index (χ2n) is 26.9. The highest BCUT2D eigenvalue weighted by Gasteiger charge is 2.44. The van der Waals surface area contributed by atoms with E-state index >= 15 is 0 Å². The summed E-state index contributed by atoms with van der Waals surface area (Å²) < 4.78 is 0. The van der Waals surface area contributed by atoms with E-state index in [4.69, 9.17) is 0 Å². The van der Waals surface area contributed by atoms with Crippen LogP contribution in [0.15, 0.2) is 340 Å². The van der Waals surface area contributed by atoms with Crippen molar-refractivity contribution in [3.8, 4) is 44.5 Å². The van der Waals surface area contributed by atoms with E-state index in [1.165, 1.54) is 0 Å². The molecular formula is C92H84N4O8. The summed E-state index contributed by atoms with van der Waals surface area (Å²) in [6, 6.07) is 106. The molecule has 12 aromatic rings. The summed E-state index contributed by atoms with van der Waals surface area (Å²) in [4.78, 5) is 57.8. The molecule has 12 nitrogen and oxygen atoms in total. The molecule has 0 aliphatic heterocycles. The zero-order valence-electron chi connectivity index (χ0n) is 57.8. The Kier molecular flexibility index (Phi) is 23.1. The van der Waals surface area contributed by atoms with Crippen molar-refractivity contribution in [3.63, 3.8) is 0 Å². The van der Waals surface area contributed by atoms with Gasteiger partial charge in [-0.2, -0.15) is 0 Å². The van der Waals surface area contributed by atoms with Crippen molar-refractivity contribution < 1.29 is 40.0 Å². The van der Waals surface area contributed by atoms with Gasteiger partial charge in [0.15, 0.2) is 0 Å². The highest BCUT2D eigenvalue weighted by molar-refractivity contribution is 5.90. The molecule has 2 aliphatic carbocycles. The van der Waals surface area contributed by atoms with Gasteiger partial charge in [-0.05, 0) is 115 Å². The fourth-order valence-electron chi connectivity index (χ4n) is 15.0. The third-order valence-electron chi connectivity index (χ3n) is 20.5. The SMILES string of the molecule is O=C(C(c1ccc(-c2ccccc2)cc1)c1ccc(-c2ccccc2)cc1)N(O)C1CCCC[C@H]1N(O)C(=O)C(c1ccc(-c2ccccc2)cc1)c1ccc(-c2ccccc2)cc1.O=C(C(c1ccccc1)c1ccccc1)N(O)C1CCCC[C@H]1N(O)C(=O)C(c1ccccc1)c1ccccc1. The first-order chi connectivity index (χ1) is 51.0. The Balaban J connectivity index is 0.000000206. The maximum atomic E-state index is 15.0. The van der Waals surface area contributed by atoms with Gasteiger partial charge in [-0.1, -0.05) is 365 Å². The van der Waals surface area contributed by atoms with Gasteiger partial charge in [0.25, 0.3) is 23.6 Å². The van der Waals surface area contributed by atoms with Crippen LogP contribution in [0.5, 0.6) is 0 Å². The molecule has 12 aromatic carbocycles. The minimum absolute atomic E-state index is 0.409. The number of benzene rings is 12. The molecule has 0 bridgehead atoms. The Labute approximate surface area is 608 Å². The lowest BCUT2D eigenvalue weighted by atomic mass is 9.84. The van der Waals surface area contributed by atoms with Crippen LogP contribution in [0.3, 0.4) is 0 Å². The third kappa shape index (κ3) is 16.3. The topological polar surface area (TPSA) is 162 Å². The van der Waals surface area contributed by atoms with Gasteiger partial charge in [-0.15, -0.1) is 0 Å². The minimum atomic E-state index is -0.857. The van der Waals surface area contributed by atoms with E-state index in [2.05, 4.69) is 0 Å². The van der Waals surface area contributed by atoms with Crippen LogP contribution in [0.4, 0.5) is 0 Å². The van der Waals surface area contributed by atoms with Gasteiger partial charge in [0, 0.05) is 0 Å². The Morgan fingerprint density at radius 1 is 0.202 bits per heavy atom. The van der Waals surface area contributed by atoms with Crippen LogP contribution in [0, 0.1) is 0 Å². The van der Waals surface area contributed by atoms with Gasteiger partial charge in [0.2, 0.25) is 0 Å². The third-order valence-corrected chi connectivity index (χ3v) is 20.5. The molecule has 0 saturated heterocycles. The smallest absolute Gasteiger partial charge is 0.258 e. The molecule has 2 fully saturated rings. The van der Waals surface area contributed by atoms with Crippen LogP contribution in [0.2, 0.25) is 0 Å². The Hall–Kier alpha value is -11.6. The van der Waals surface area contributed by atoms with Crippen molar-refractivity contribution in [2.45, 2.75) is 99.2 Å².